The maximum absolute atomic E-state index is 13.1. The summed E-state index contributed by atoms with van der Waals surface area (Å²) in [5, 5.41) is 0. The second-order valence-corrected chi connectivity index (χ2v) is 7.11. The van der Waals surface area contributed by atoms with Gasteiger partial charge in [-0.1, -0.05) is 48.6 Å². The highest BCUT2D eigenvalue weighted by Crippen LogP contribution is 2.60. The molecule has 0 radical (unpaired) electrons. The molecule has 1 aliphatic heterocycles. The number of fused-ring (bicyclic) bond motifs is 3. The molecule has 0 N–H and O–H groups in total. The monoisotopic (exact) mass is 345 g/mol. The van der Waals surface area contributed by atoms with Crippen LogP contribution >= 0.6 is 0 Å². The molecule has 26 heavy (non-hydrogen) atoms. The van der Waals surface area contributed by atoms with Gasteiger partial charge in [0.15, 0.2) is 5.54 Å². The minimum absolute atomic E-state index is 0.0659. The van der Waals surface area contributed by atoms with Gasteiger partial charge < -0.3 is 9.47 Å². The van der Waals surface area contributed by atoms with Gasteiger partial charge in [-0.05, 0) is 30.5 Å². The average molecular weight is 345 g/mol. The number of esters is 1. The Kier molecular flexibility index (Phi) is 3.29. The Bertz CT molecular complexity index is 933. The van der Waals surface area contributed by atoms with Gasteiger partial charge in [0.1, 0.15) is 5.75 Å². The number of aliphatic imine (C=N–C) groups is 1. The molecule has 4 atom stereocenters. The second kappa shape index (κ2) is 5.56. The normalized spacial score (nSPS) is 31.3. The van der Waals surface area contributed by atoms with Crippen LogP contribution in [-0.4, -0.2) is 24.5 Å². The van der Waals surface area contributed by atoms with E-state index in [4.69, 9.17) is 14.5 Å². The first-order chi connectivity index (χ1) is 12.7. The lowest BCUT2D eigenvalue weighted by Gasteiger charge is -2.33. The van der Waals surface area contributed by atoms with Crippen molar-refractivity contribution < 1.29 is 14.3 Å². The first kappa shape index (κ1) is 15.4. The third-order valence-corrected chi connectivity index (χ3v) is 5.88. The summed E-state index contributed by atoms with van der Waals surface area (Å²) in [5.41, 5.74) is 0.976. The molecule has 4 nitrogen and oxygen atoms in total. The first-order valence-corrected chi connectivity index (χ1v) is 8.93. The molecule has 0 saturated heterocycles. The standard InChI is InChI=1S/C22H19NO3/c1-25-18-10-6-5-9-17(18)19-15-11-12-16(13-15)22(19)21(24)26-20(23-22)14-7-3-2-4-8-14/h2-12,15-16,19H,13H2,1H3/t15-,16+,19+,22+/m0/s1. The van der Waals surface area contributed by atoms with Crippen LogP contribution in [0.4, 0.5) is 0 Å². The molecule has 3 aliphatic rings. The van der Waals surface area contributed by atoms with E-state index in [0.29, 0.717) is 5.90 Å². The zero-order chi connectivity index (χ0) is 17.7. The topological polar surface area (TPSA) is 47.9 Å². The molecule has 0 aromatic heterocycles. The quantitative estimate of drug-likeness (QED) is 0.629. The predicted molar refractivity (Wildman–Crippen MR) is 98.3 cm³/mol. The molecule has 4 heteroatoms. The number of rotatable bonds is 3. The van der Waals surface area contributed by atoms with Crippen LogP contribution in [0.1, 0.15) is 23.5 Å². The van der Waals surface area contributed by atoms with Crippen molar-refractivity contribution in [2.45, 2.75) is 17.9 Å². The highest BCUT2D eigenvalue weighted by Gasteiger charge is 2.65. The summed E-state index contributed by atoms with van der Waals surface area (Å²) in [6.07, 6.45) is 5.27. The van der Waals surface area contributed by atoms with Gasteiger partial charge in [-0.2, -0.15) is 0 Å². The highest BCUT2D eigenvalue weighted by atomic mass is 16.6. The van der Waals surface area contributed by atoms with Crippen molar-refractivity contribution in [3.8, 4) is 5.75 Å². The average Bonchev–Trinajstić information content (AvgIpc) is 3.37. The molecule has 1 fully saturated rings. The summed E-state index contributed by atoms with van der Waals surface area (Å²) >= 11 is 0. The SMILES string of the molecule is COc1ccccc1[C@H]1[C@H]2C=C[C@H](C2)[C@@]12N=C(c1ccccc1)OC2=O. The van der Waals surface area contributed by atoms with E-state index in [1.54, 1.807) is 7.11 Å². The lowest BCUT2D eigenvalue weighted by atomic mass is 9.72. The summed E-state index contributed by atoms with van der Waals surface area (Å²) < 4.78 is 11.3. The fourth-order valence-corrected chi connectivity index (χ4v) is 4.79. The van der Waals surface area contributed by atoms with E-state index in [-0.39, 0.29) is 23.7 Å². The van der Waals surface area contributed by atoms with E-state index in [2.05, 4.69) is 12.2 Å². The van der Waals surface area contributed by atoms with E-state index in [9.17, 15) is 4.79 Å². The Labute approximate surface area is 152 Å². The van der Waals surface area contributed by atoms with Crippen molar-refractivity contribution in [1.82, 2.24) is 0 Å². The van der Waals surface area contributed by atoms with Crippen molar-refractivity contribution >= 4 is 11.9 Å². The molecule has 2 bridgehead atoms. The van der Waals surface area contributed by atoms with Crippen LogP contribution in [0.5, 0.6) is 5.75 Å². The Hall–Kier alpha value is -2.88. The van der Waals surface area contributed by atoms with Gasteiger partial charge in [0.05, 0.1) is 7.11 Å². The number of allylic oxidation sites excluding steroid dienone is 1. The Morgan fingerprint density at radius 1 is 1.08 bits per heavy atom. The van der Waals surface area contributed by atoms with Crippen LogP contribution in [0.15, 0.2) is 71.7 Å². The van der Waals surface area contributed by atoms with Gasteiger partial charge in [-0.3, -0.25) is 0 Å². The minimum Gasteiger partial charge on any atom is -0.496 e. The molecule has 1 heterocycles. The van der Waals surface area contributed by atoms with E-state index in [1.807, 2.05) is 54.6 Å². The lowest BCUT2D eigenvalue weighted by Crippen LogP contribution is -2.44. The molecule has 5 rings (SSSR count). The van der Waals surface area contributed by atoms with Crippen molar-refractivity contribution in [2.75, 3.05) is 7.11 Å². The van der Waals surface area contributed by atoms with Gasteiger partial charge in [-0.15, -0.1) is 0 Å². The van der Waals surface area contributed by atoms with Crippen LogP contribution in [0.3, 0.4) is 0 Å². The molecular formula is C22H19NO3. The number of carbonyl (C=O) groups is 1. The lowest BCUT2D eigenvalue weighted by molar-refractivity contribution is -0.140. The third kappa shape index (κ3) is 1.96. The zero-order valence-electron chi connectivity index (χ0n) is 14.5. The van der Waals surface area contributed by atoms with E-state index in [0.717, 1.165) is 23.3 Å². The third-order valence-electron chi connectivity index (χ3n) is 5.88. The molecule has 1 spiro atoms. The largest absolute Gasteiger partial charge is 0.496 e. The van der Waals surface area contributed by atoms with Gasteiger partial charge in [0, 0.05) is 23.0 Å². The molecule has 0 unspecified atom stereocenters. The fourth-order valence-electron chi connectivity index (χ4n) is 4.79. The first-order valence-electron chi connectivity index (χ1n) is 8.93. The van der Waals surface area contributed by atoms with Gasteiger partial charge >= 0.3 is 5.97 Å². The number of carbonyl (C=O) groups excluding carboxylic acids is 1. The molecule has 2 aromatic rings. The Morgan fingerprint density at radius 2 is 1.85 bits per heavy atom. The van der Waals surface area contributed by atoms with Crippen molar-refractivity contribution in [1.29, 1.82) is 0 Å². The Morgan fingerprint density at radius 3 is 2.65 bits per heavy atom. The number of methoxy groups -OCH3 is 1. The van der Waals surface area contributed by atoms with Gasteiger partial charge in [0.2, 0.25) is 5.90 Å². The van der Waals surface area contributed by atoms with E-state index in [1.165, 1.54) is 0 Å². The summed E-state index contributed by atoms with van der Waals surface area (Å²) in [4.78, 5) is 18.1. The van der Waals surface area contributed by atoms with Crippen LogP contribution < -0.4 is 4.74 Å². The number of ether oxygens (including phenoxy) is 2. The second-order valence-electron chi connectivity index (χ2n) is 7.11. The molecule has 2 aliphatic carbocycles. The molecule has 1 saturated carbocycles. The molecular weight excluding hydrogens is 326 g/mol. The van der Waals surface area contributed by atoms with Crippen LogP contribution in [0, 0.1) is 11.8 Å². The summed E-state index contributed by atoms with van der Waals surface area (Å²) in [7, 11) is 1.67. The number of hydrogen-bond acceptors (Lipinski definition) is 4. The van der Waals surface area contributed by atoms with Crippen LogP contribution in [-0.2, 0) is 9.53 Å². The van der Waals surface area contributed by atoms with Crippen molar-refractivity contribution in [2.24, 2.45) is 16.8 Å². The van der Waals surface area contributed by atoms with Gasteiger partial charge in [0.25, 0.3) is 0 Å². The molecule has 2 aromatic carbocycles. The maximum atomic E-state index is 13.1. The van der Waals surface area contributed by atoms with Crippen molar-refractivity contribution in [3.63, 3.8) is 0 Å². The van der Waals surface area contributed by atoms with Crippen molar-refractivity contribution in [3.05, 3.63) is 77.9 Å². The smallest absolute Gasteiger partial charge is 0.342 e. The zero-order valence-corrected chi connectivity index (χ0v) is 14.5. The van der Waals surface area contributed by atoms with Crippen LogP contribution in [0.2, 0.25) is 0 Å². The number of nitrogens with zero attached hydrogens (tertiary/aromatic N) is 1. The molecule has 0 amide bonds. The minimum atomic E-state index is -0.890. The van der Waals surface area contributed by atoms with E-state index < -0.39 is 5.54 Å². The van der Waals surface area contributed by atoms with Gasteiger partial charge in [-0.25, -0.2) is 9.79 Å². The number of para-hydroxylation sites is 1. The number of benzene rings is 2. The molecule has 130 valence electrons. The highest BCUT2D eigenvalue weighted by molar-refractivity contribution is 6.09. The summed E-state index contributed by atoms with van der Waals surface area (Å²) in [5.74, 6) is 1.25. The maximum Gasteiger partial charge on any atom is 0.342 e. The fraction of sp³-hybridized carbons (Fsp3) is 0.273. The summed E-state index contributed by atoms with van der Waals surface area (Å²) in [6, 6.07) is 17.6. The number of hydrogen-bond donors (Lipinski definition) is 0. The summed E-state index contributed by atoms with van der Waals surface area (Å²) in [6.45, 7) is 0. The van der Waals surface area contributed by atoms with Crippen LogP contribution in [0.25, 0.3) is 0 Å². The number of cyclic esters (lactones) is 1. The Balaban J connectivity index is 1.68. The predicted octanol–water partition coefficient (Wildman–Crippen LogP) is 3.73. The van der Waals surface area contributed by atoms with E-state index >= 15 is 0 Å².